The van der Waals surface area contributed by atoms with Crippen LogP contribution in [0.15, 0.2) is 0 Å². The number of nitrogens with zero attached hydrogens (tertiary/aromatic N) is 1. The van der Waals surface area contributed by atoms with Gasteiger partial charge in [-0.25, -0.2) is 0 Å². The molecule has 1 heterocycles. The average molecular weight is 262 g/mol. The molecule has 0 aliphatic carbocycles. The van der Waals surface area contributed by atoms with Crippen LogP contribution in [-0.4, -0.2) is 13.1 Å². The first kappa shape index (κ1) is 12.8. The molecule has 1 rings (SSSR count). The van der Waals surface area contributed by atoms with Crippen LogP contribution in [0, 0.1) is 5.92 Å². The molecule has 2 radical (unpaired) electrons. The summed E-state index contributed by atoms with van der Waals surface area (Å²) in [5.74, 6) is 0.880. The molecule has 3 heteroatoms. The Hall–Kier alpha value is 2.17. The molecule has 0 aromatic heterocycles. The van der Waals surface area contributed by atoms with E-state index >= 15 is 0 Å². The Morgan fingerprint density at radius 3 is 2.12 bits per heavy atom. The molecular formula is C5H10NY2-. The average Bonchev–Trinajstić information content (AvgIpc) is 1.86. The molecule has 1 nitrogen and oxygen atoms in total. The van der Waals surface area contributed by atoms with E-state index < -0.39 is 0 Å². The summed E-state index contributed by atoms with van der Waals surface area (Å²) in [6.45, 7) is 4.47. The van der Waals surface area contributed by atoms with E-state index in [9.17, 15) is 0 Å². The van der Waals surface area contributed by atoms with Crippen molar-refractivity contribution >= 4 is 0 Å². The summed E-state index contributed by atoms with van der Waals surface area (Å²) < 4.78 is 0. The van der Waals surface area contributed by atoms with Crippen molar-refractivity contribution < 1.29 is 65.4 Å². The van der Waals surface area contributed by atoms with Crippen molar-refractivity contribution in [1.29, 1.82) is 0 Å². The van der Waals surface area contributed by atoms with Crippen LogP contribution >= 0.6 is 0 Å². The van der Waals surface area contributed by atoms with Crippen LogP contribution in [0.5, 0.6) is 0 Å². The normalized spacial score (nSPS) is 25.9. The van der Waals surface area contributed by atoms with Crippen molar-refractivity contribution in [2.75, 3.05) is 13.1 Å². The molecule has 0 aromatic carbocycles. The molecule has 0 bridgehead atoms. The summed E-state index contributed by atoms with van der Waals surface area (Å²) >= 11 is 0. The van der Waals surface area contributed by atoms with Crippen molar-refractivity contribution in [1.82, 2.24) is 0 Å². The minimum Gasteiger partial charge on any atom is -0.662 e. The molecule has 0 amide bonds. The minimum atomic E-state index is 0. The first-order valence-electron chi connectivity index (χ1n) is 2.53. The molecule has 1 aliphatic rings. The van der Waals surface area contributed by atoms with Crippen LogP contribution in [0.2, 0.25) is 0 Å². The van der Waals surface area contributed by atoms with Gasteiger partial charge in [0.05, 0.1) is 0 Å². The molecular weight excluding hydrogens is 252 g/mol. The van der Waals surface area contributed by atoms with E-state index in [4.69, 9.17) is 0 Å². The first-order valence-corrected chi connectivity index (χ1v) is 2.53. The maximum atomic E-state index is 4.16. The zero-order valence-electron chi connectivity index (χ0n) is 5.30. The Morgan fingerprint density at radius 2 is 2.00 bits per heavy atom. The summed E-state index contributed by atoms with van der Waals surface area (Å²) in [5, 5.41) is 4.16. The molecule has 1 fully saturated rings. The number of rotatable bonds is 0. The SMILES string of the molecule is CC1CC[N-]C1.[Y].[Y]. The molecule has 0 aromatic rings. The fraction of sp³-hybridized carbons (Fsp3) is 1.00. The predicted octanol–water partition coefficient (Wildman–Crippen LogP) is 1.39. The van der Waals surface area contributed by atoms with Crippen LogP contribution in [0.1, 0.15) is 13.3 Å². The second-order valence-corrected chi connectivity index (χ2v) is 2.02. The Bertz CT molecular complexity index is 43.7. The van der Waals surface area contributed by atoms with Crippen molar-refractivity contribution in [3.63, 3.8) is 0 Å². The zero-order chi connectivity index (χ0) is 4.41. The zero-order valence-corrected chi connectivity index (χ0v) is 11.0. The molecule has 1 aliphatic heterocycles. The Balaban J connectivity index is 0. The van der Waals surface area contributed by atoms with Crippen molar-refractivity contribution in [3.8, 4) is 0 Å². The molecule has 1 saturated heterocycles. The molecule has 0 saturated carbocycles. The van der Waals surface area contributed by atoms with Crippen LogP contribution in [-0.2, 0) is 65.4 Å². The molecule has 0 N–H and O–H groups in total. The van der Waals surface area contributed by atoms with E-state index in [1.165, 1.54) is 6.42 Å². The molecule has 1 unspecified atom stereocenters. The van der Waals surface area contributed by atoms with Crippen LogP contribution in [0.4, 0.5) is 0 Å². The quantitative estimate of drug-likeness (QED) is 0.626. The van der Waals surface area contributed by atoms with Crippen LogP contribution in [0.25, 0.3) is 5.32 Å². The predicted molar refractivity (Wildman–Crippen MR) is 26.9 cm³/mol. The van der Waals surface area contributed by atoms with Crippen LogP contribution in [0.3, 0.4) is 0 Å². The third kappa shape index (κ3) is 4.99. The Kier molecular flexibility index (Phi) is 11.7. The number of hydrogen-bond acceptors (Lipinski definition) is 0. The van der Waals surface area contributed by atoms with Gasteiger partial charge in [0.15, 0.2) is 0 Å². The molecule has 1 atom stereocenters. The van der Waals surface area contributed by atoms with E-state index in [0.717, 1.165) is 19.0 Å². The van der Waals surface area contributed by atoms with Crippen molar-refractivity contribution in [2.24, 2.45) is 5.92 Å². The van der Waals surface area contributed by atoms with Gasteiger partial charge >= 0.3 is 0 Å². The third-order valence-electron chi connectivity index (χ3n) is 1.22. The van der Waals surface area contributed by atoms with E-state index in [0.29, 0.717) is 0 Å². The van der Waals surface area contributed by atoms with Gasteiger partial charge in [-0.3, -0.25) is 0 Å². The minimum absolute atomic E-state index is 0. The van der Waals surface area contributed by atoms with Crippen molar-refractivity contribution in [2.45, 2.75) is 13.3 Å². The molecule has 0 spiro atoms. The van der Waals surface area contributed by atoms with Gasteiger partial charge in [0, 0.05) is 65.4 Å². The second-order valence-electron chi connectivity index (χ2n) is 2.02. The summed E-state index contributed by atoms with van der Waals surface area (Å²) in [6.07, 6.45) is 1.32. The fourth-order valence-electron chi connectivity index (χ4n) is 0.715. The third-order valence-corrected chi connectivity index (χ3v) is 1.22. The summed E-state index contributed by atoms with van der Waals surface area (Å²) in [4.78, 5) is 0. The van der Waals surface area contributed by atoms with E-state index in [-0.39, 0.29) is 65.4 Å². The topological polar surface area (TPSA) is 14.1 Å². The Labute approximate surface area is 102 Å². The molecule has 8 heavy (non-hydrogen) atoms. The van der Waals surface area contributed by atoms with Gasteiger partial charge in [-0.15, -0.1) is 13.1 Å². The standard InChI is InChI=1S/C5H10N.2Y/c1-5-2-3-6-4-5;;/h5H,2-4H2,1H3;;/q-1;;. The maximum absolute atomic E-state index is 4.16. The second kappa shape index (κ2) is 7.28. The fourth-order valence-corrected chi connectivity index (χ4v) is 0.715. The number of hydrogen-bond donors (Lipinski definition) is 0. The van der Waals surface area contributed by atoms with E-state index in [2.05, 4.69) is 12.2 Å². The van der Waals surface area contributed by atoms with Gasteiger partial charge in [0.1, 0.15) is 0 Å². The van der Waals surface area contributed by atoms with Gasteiger partial charge in [0.25, 0.3) is 0 Å². The van der Waals surface area contributed by atoms with Gasteiger partial charge in [-0.1, -0.05) is 19.3 Å². The smallest absolute Gasteiger partial charge is 0 e. The van der Waals surface area contributed by atoms with Gasteiger partial charge < -0.3 is 5.32 Å². The molecule has 42 valence electrons. The van der Waals surface area contributed by atoms with Crippen molar-refractivity contribution in [3.05, 3.63) is 5.32 Å². The monoisotopic (exact) mass is 262 g/mol. The first-order chi connectivity index (χ1) is 2.89. The van der Waals surface area contributed by atoms with Gasteiger partial charge in [-0.05, 0) is 0 Å². The van der Waals surface area contributed by atoms with Crippen LogP contribution < -0.4 is 0 Å². The van der Waals surface area contributed by atoms with Gasteiger partial charge in [0.2, 0.25) is 0 Å². The van der Waals surface area contributed by atoms with E-state index in [1.807, 2.05) is 0 Å². The van der Waals surface area contributed by atoms with Gasteiger partial charge in [-0.2, -0.15) is 0 Å². The Morgan fingerprint density at radius 1 is 1.38 bits per heavy atom. The summed E-state index contributed by atoms with van der Waals surface area (Å²) in [6, 6.07) is 0. The van der Waals surface area contributed by atoms with E-state index in [1.54, 1.807) is 0 Å². The summed E-state index contributed by atoms with van der Waals surface area (Å²) in [5.41, 5.74) is 0. The maximum Gasteiger partial charge on any atom is 0 e. The largest absolute Gasteiger partial charge is 0.662 e. The summed E-state index contributed by atoms with van der Waals surface area (Å²) in [7, 11) is 0.